The smallest absolute Gasteiger partial charge is 0.274 e. The van der Waals surface area contributed by atoms with Crippen molar-refractivity contribution in [3.63, 3.8) is 0 Å². The lowest BCUT2D eigenvalue weighted by Gasteiger charge is -2.03. The van der Waals surface area contributed by atoms with Crippen LogP contribution in [0.3, 0.4) is 0 Å². The van der Waals surface area contributed by atoms with Crippen LogP contribution < -0.4 is 22.7 Å². The summed E-state index contributed by atoms with van der Waals surface area (Å²) in [6.07, 6.45) is 5.44. The predicted octanol–water partition coefficient (Wildman–Crippen LogP) is -0.0259. The van der Waals surface area contributed by atoms with Crippen LogP contribution in [-0.4, -0.2) is 14.7 Å². The van der Waals surface area contributed by atoms with Crippen molar-refractivity contribution in [2.24, 2.45) is 17.3 Å². The molecule has 0 atom stereocenters. The van der Waals surface area contributed by atoms with Crippen LogP contribution in [0.2, 0.25) is 0 Å². The third kappa shape index (κ3) is 4.45. The Morgan fingerprint density at radius 2 is 2.00 bits per heavy atom. The van der Waals surface area contributed by atoms with Crippen LogP contribution in [0.4, 0.5) is 22.9 Å². The number of benzene rings is 1. The average Bonchev–Trinajstić information content (AvgIpc) is 2.94. The fourth-order valence-electron chi connectivity index (χ4n) is 2.53. The lowest BCUT2D eigenvalue weighted by molar-refractivity contribution is -0.671. The van der Waals surface area contributed by atoms with E-state index in [2.05, 4.69) is 15.3 Å². The molecule has 3 rings (SSSR count). The minimum atomic E-state index is -0.444. The molecule has 0 radical (unpaired) electrons. The Morgan fingerprint density at radius 3 is 2.70 bits per heavy atom. The Labute approximate surface area is 161 Å². The van der Waals surface area contributed by atoms with Crippen molar-refractivity contribution in [1.29, 1.82) is 0 Å². The van der Waals surface area contributed by atoms with Gasteiger partial charge in [-0.1, -0.05) is 6.07 Å². The Kier molecular flexibility index (Phi) is 6.19. The molecule has 9 nitrogen and oxygen atoms in total. The first-order chi connectivity index (χ1) is 12.5. The minimum absolute atomic E-state index is 0. The zero-order valence-corrected chi connectivity index (χ0v) is 15.5. The van der Waals surface area contributed by atoms with E-state index >= 15 is 0 Å². The minimum Gasteiger partial charge on any atom is -1.00 e. The van der Waals surface area contributed by atoms with Crippen LogP contribution >= 0.6 is 0 Å². The number of pyridine rings is 1. The van der Waals surface area contributed by atoms with E-state index in [9.17, 15) is 10.1 Å². The summed E-state index contributed by atoms with van der Waals surface area (Å²) in [7, 11) is 1.94. The molecule has 0 bridgehead atoms. The van der Waals surface area contributed by atoms with Gasteiger partial charge < -0.3 is 18.1 Å². The van der Waals surface area contributed by atoms with Crippen LogP contribution in [0.5, 0.6) is 0 Å². The Morgan fingerprint density at radius 1 is 1.26 bits per heavy atom. The molecular formula is C17H18ClN7O2. The third-order valence-electron chi connectivity index (χ3n) is 3.93. The van der Waals surface area contributed by atoms with E-state index in [1.165, 1.54) is 12.3 Å². The SMILES string of the molecule is Cc1c(/N=N/c2cnn(Cc3ccc[n+](C)c3)c2N)cccc1[N+](=O)[O-].[Cl-]. The van der Waals surface area contributed by atoms with Gasteiger partial charge in [0.15, 0.2) is 12.4 Å². The third-order valence-corrected chi connectivity index (χ3v) is 3.93. The number of hydrogen-bond donors (Lipinski definition) is 1. The summed E-state index contributed by atoms with van der Waals surface area (Å²) in [5.41, 5.74) is 8.43. The van der Waals surface area contributed by atoms with Crippen molar-refractivity contribution in [3.05, 3.63) is 70.2 Å². The number of nitrogen functional groups attached to an aromatic ring is 1. The molecule has 0 fully saturated rings. The second-order valence-corrected chi connectivity index (χ2v) is 5.83. The summed E-state index contributed by atoms with van der Waals surface area (Å²) in [6.45, 7) is 2.14. The first-order valence-electron chi connectivity index (χ1n) is 7.87. The maximum absolute atomic E-state index is 11.0. The molecule has 0 aliphatic heterocycles. The molecule has 0 aliphatic rings. The maximum atomic E-state index is 11.0. The number of azo groups is 1. The van der Waals surface area contributed by atoms with E-state index in [1.807, 2.05) is 36.1 Å². The molecule has 0 saturated carbocycles. The van der Waals surface area contributed by atoms with Gasteiger partial charge in [0.1, 0.15) is 18.6 Å². The molecule has 0 aliphatic carbocycles. The molecule has 140 valence electrons. The van der Waals surface area contributed by atoms with Gasteiger partial charge in [0.2, 0.25) is 0 Å². The van der Waals surface area contributed by atoms with Gasteiger partial charge in [-0.15, -0.1) is 10.2 Å². The normalized spacial score (nSPS) is 10.7. The van der Waals surface area contributed by atoms with E-state index in [0.717, 1.165) is 5.56 Å². The van der Waals surface area contributed by atoms with E-state index < -0.39 is 4.92 Å². The van der Waals surface area contributed by atoms with Crippen LogP contribution in [0, 0.1) is 17.0 Å². The van der Waals surface area contributed by atoms with Crippen molar-refractivity contribution < 1.29 is 21.9 Å². The van der Waals surface area contributed by atoms with Gasteiger partial charge in [-0.3, -0.25) is 10.1 Å². The zero-order valence-electron chi connectivity index (χ0n) is 14.8. The van der Waals surface area contributed by atoms with Gasteiger partial charge in [-0.2, -0.15) is 5.10 Å². The summed E-state index contributed by atoms with van der Waals surface area (Å²) in [6, 6.07) is 8.59. The number of nitrogens with zero attached hydrogens (tertiary/aromatic N) is 6. The number of nitrogens with two attached hydrogens (primary N) is 1. The summed E-state index contributed by atoms with van der Waals surface area (Å²) in [5, 5.41) is 23.4. The monoisotopic (exact) mass is 387 g/mol. The number of halogens is 1. The fourth-order valence-corrected chi connectivity index (χ4v) is 2.53. The molecule has 27 heavy (non-hydrogen) atoms. The number of nitro groups is 1. The number of rotatable bonds is 5. The molecule has 0 saturated heterocycles. The van der Waals surface area contributed by atoms with Crippen LogP contribution in [0.25, 0.3) is 0 Å². The summed E-state index contributed by atoms with van der Waals surface area (Å²) < 4.78 is 3.57. The second kappa shape index (κ2) is 8.37. The molecule has 0 spiro atoms. The Balaban J connectivity index is 0.00000261. The van der Waals surface area contributed by atoms with E-state index in [-0.39, 0.29) is 18.1 Å². The van der Waals surface area contributed by atoms with E-state index in [1.54, 1.807) is 23.7 Å². The summed E-state index contributed by atoms with van der Waals surface area (Å²) >= 11 is 0. The molecule has 0 unspecified atom stereocenters. The molecule has 3 aromatic rings. The first-order valence-corrected chi connectivity index (χ1v) is 7.87. The number of aromatic nitrogens is 3. The van der Waals surface area contributed by atoms with E-state index in [4.69, 9.17) is 5.73 Å². The first kappa shape index (κ1) is 20.0. The van der Waals surface area contributed by atoms with Crippen molar-refractivity contribution in [2.45, 2.75) is 13.5 Å². The topological polar surface area (TPSA) is 116 Å². The Bertz CT molecular complexity index is 1000. The van der Waals surface area contributed by atoms with Crippen molar-refractivity contribution in [3.8, 4) is 0 Å². The molecule has 1 aromatic carbocycles. The number of aryl methyl sites for hydroxylation is 1. The lowest BCUT2D eigenvalue weighted by atomic mass is 10.1. The average molecular weight is 388 g/mol. The molecule has 0 amide bonds. The molecule has 2 N–H and O–H groups in total. The Hall–Kier alpha value is -3.33. The summed E-state index contributed by atoms with van der Waals surface area (Å²) in [4.78, 5) is 10.6. The van der Waals surface area contributed by atoms with E-state index in [0.29, 0.717) is 29.3 Å². The largest absolute Gasteiger partial charge is 1.00 e. The second-order valence-electron chi connectivity index (χ2n) is 5.83. The highest BCUT2D eigenvalue weighted by Crippen LogP contribution is 2.30. The maximum Gasteiger partial charge on any atom is 0.274 e. The summed E-state index contributed by atoms with van der Waals surface area (Å²) in [5.74, 6) is 0.378. The standard InChI is InChI=1S/C17H18N7O2.ClH/c1-12-14(6-3-7-16(12)24(25)26)20-21-15-9-19-23(17(15)18)11-13-5-4-8-22(2)10-13;/h3-10H,11,18H2,1-2H3;1H/q+1;/p-1/b21-20+;. The van der Waals surface area contributed by atoms with Crippen LogP contribution in [0.1, 0.15) is 11.1 Å². The van der Waals surface area contributed by atoms with Gasteiger partial charge in [-0.25, -0.2) is 9.25 Å². The van der Waals surface area contributed by atoms with Gasteiger partial charge in [0, 0.05) is 17.7 Å². The number of nitro benzene ring substituents is 1. The molecule has 2 aromatic heterocycles. The zero-order chi connectivity index (χ0) is 18.7. The molecular weight excluding hydrogens is 370 g/mol. The van der Waals surface area contributed by atoms with Gasteiger partial charge in [-0.05, 0) is 19.1 Å². The number of anilines is 1. The van der Waals surface area contributed by atoms with Gasteiger partial charge in [0.05, 0.1) is 28.9 Å². The van der Waals surface area contributed by atoms with Gasteiger partial charge >= 0.3 is 0 Å². The van der Waals surface area contributed by atoms with Crippen molar-refractivity contribution in [2.75, 3.05) is 5.73 Å². The van der Waals surface area contributed by atoms with Crippen LogP contribution in [-0.2, 0) is 13.6 Å². The highest BCUT2D eigenvalue weighted by molar-refractivity contribution is 5.59. The number of hydrogen-bond acceptors (Lipinski definition) is 6. The predicted molar refractivity (Wildman–Crippen MR) is 95.4 cm³/mol. The quantitative estimate of drug-likeness (QED) is 0.286. The molecule has 10 heteroatoms. The molecule has 2 heterocycles. The highest BCUT2D eigenvalue weighted by Gasteiger charge is 2.13. The fraction of sp³-hybridized carbons (Fsp3) is 0.176. The highest BCUT2D eigenvalue weighted by atomic mass is 35.5. The lowest BCUT2D eigenvalue weighted by Crippen LogP contribution is -3.00. The van der Waals surface area contributed by atoms with Crippen LogP contribution in [0.15, 0.2) is 59.2 Å². The van der Waals surface area contributed by atoms with Crippen molar-refractivity contribution >= 4 is 22.9 Å². The van der Waals surface area contributed by atoms with Crippen molar-refractivity contribution in [1.82, 2.24) is 9.78 Å². The van der Waals surface area contributed by atoms with Gasteiger partial charge in [0.25, 0.3) is 5.69 Å².